The zero-order valence-corrected chi connectivity index (χ0v) is 18.3. The summed E-state index contributed by atoms with van der Waals surface area (Å²) in [7, 11) is 0. The summed E-state index contributed by atoms with van der Waals surface area (Å²) in [6.07, 6.45) is 1.82. The van der Waals surface area contributed by atoms with Gasteiger partial charge < -0.3 is 15.2 Å². The summed E-state index contributed by atoms with van der Waals surface area (Å²) in [4.78, 5) is 43.8. The quantitative estimate of drug-likeness (QED) is 0.413. The zero-order chi connectivity index (χ0) is 22.8. The number of nitrogens with two attached hydrogens (primary N) is 1. The number of allylic oxidation sites excluding steroid dienone is 1. The number of nitrogen functional groups attached to an aromatic ring is 1. The molecule has 32 heavy (non-hydrogen) atoms. The van der Waals surface area contributed by atoms with Crippen molar-refractivity contribution in [3.8, 4) is 0 Å². The van der Waals surface area contributed by atoms with Gasteiger partial charge in [0, 0.05) is 5.92 Å². The van der Waals surface area contributed by atoms with Gasteiger partial charge in [0.15, 0.2) is 5.65 Å². The number of hydrogen-bond acceptors (Lipinski definition) is 8. The van der Waals surface area contributed by atoms with Gasteiger partial charge in [-0.2, -0.15) is 4.98 Å². The number of aromatic nitrogens is 3. The highest BCUT2D eigenvalue weighted by Crippen LogP contribution is 2.40. The lowest BCUT2D eigenvalue weighted by molar-refractivity contribution is -0.0737. The lowest BCUT2D eigenvalue weighted by atomic mass is 9.96. The first-order chi connectivity index (χ1) is 15.4. The van der Waals surface area contributed by atoms with Crippen LogP contribution in [0, 0.1) is 5.92 Å². The summed E-state index contributed by atoms with van der Waals surface area (Å²) < 4.78 is 13.6. The van der Waals surface area contributed by atoms with Crippen LogP contribution >= 0.6 is 11.3 Å². The normalized spacial score (nSPS) is 21.5. The Labute approximate surface area is 187 Å². The van der Waals surface area contributed by atoms with Gasteiger partial charge in [-0.1, -0.05) is 42.5 Å². The fraction of sp³-hybridized carbons (Fsp3) is 0.364. The van der Waals surface area contributed by atoms with E-state index in [4.69, 9.17) is 15.2 Å². The summed E-state index contributed by atoms with van der Waals surface area (Å²) in [5.41, 5.74) is 5.89. The van der Waals surface area contributed by atoms with Crippen LogP contribution in [-0.2, 0) is 9.47 Å². The Bertz CT molecular complexity index is 1250. The van der Waals surface area contributed by atoms with Gasteiger partial charge in [0.05, 0.1) is 11.7 Å². The molecular weight excluding hydrogens is 432 g/mol. The molecule has 10 heteroatoms. The Morgan fingerprint density at radius 3 is 2.88 bits per heavy atom. The van der Waals surface area contributed by atoms with E-state index in [1.165, 1.54) is 4.57 Å². The van der Waals surface area contributed by atoms with Crippen LogP contribution in [0.3, 0.4) is 0 Å². The minimum atomic E-state index is -0.683. The summed E-state index contributed by atoms with van der Waals surface area (Å²) in [6.45, 7) is 5.73. The molecule has 1 fully saturated rings. The molecule has 1 saturated heterocycles. The summed E-state index contributed by atoms with van der Waals surface area (Å²) >= 11 is 0.799. The minimum Gasteiger partial charge on any atom is -0.456 e. The zero-order valence-electron chi connectivity index (χ0n) is 17.5. The molecule has 1 aliphatic heterocycles. The number of fused-ring (bicyclic) bond motifs is 1. The van der Waals surface area contributed by atoms with E-state index in [0.29, 0.717) is 24.8 Å². The van der Waals surface area contributed by atoms with Crippen molar-refractivity contribution in [3.05, 3.63) is 68.6 Å². The molecule has 0 saturated carbocycles. The Kier molecular flexibility index (Phi) is 6.24. The highest BCUT2D eigenvalue weighted by Gasteiger charge is 2.42. The van der Waals surface area contributed by atoms with Crippen molar-refractivity contribution >= 4 is 33.6 Å². The fourth-order valence-corrected chi connectivity index (χ4v) is 4.91. The predicted octanol–water partition coefficient (Wildman–Crippen LogP) is 2.84. The molecule has 4 atom stereocenters. The smallest absolute Gasteiger partial charge is 0.338 e. The third-order valence-corrected chi connectivity index (χ3v) is 6.50. The van der Waals surface area contributed by atoms with Crippen molar-refractivity contribution in [3.63, 3.8) is 0 Å². The minimum absolute atomic E-state index is 0.0768. The van der Waals surface area contributed by atoms with Crippen molar-refractivity contribution in [1.29, 1.82) is 0 Å². The van der Waals surface area contributed by atoms with Crippen LogP contribution in [0.1, 0.15) is 42.8 Å². The molecule has 0 amide bonds. The Hall–Kier alpha value is -3.24. The SMILES string of the molecule is C=CC[C@@H]1C[C@@H](C(CC)OC(=O)c2ccccc2)OC1n1c(=O)sc2c(=O)[nH]c(N)nc21. The van der Waals surface area contributed by atoms with Gasteiger partial charge in [-0.3, -0.25) is 19.1 Å². The second-order valence-corrected chi connectivity index (χ2v) is 8.61. The van der Waals surface area contributed by atoms with Crippen LogP contribution in [0.5, 0.6) is 0 Å². The summed E-state index contributed by atoms with van der Waals surface area (Å²) in [6, 6.07) is 8.76. The molecule has 168 valence electrons. The number of rotatable bonds is 7. The number of nitrogens with zero attached hydrogens (tertiary/aromatic N) is 2. The standard InChI is InChI=1S/C22H24N4O5S/c1-3-8-13-11-15(14(4-2)31-20(28)12-9-6-5-7-10-12)30-19(13)26-17-16(32-22(26)29)18(27)25-21(23)24-17/h3,5-7,9-10,13-15,19H,1,4,8,11H2,2H3,(H3,23,24,25,27)/t13-,14?,15+,19?/m1/s1. The molecule has 0 aliphatic carbocycles. The van der Waals surface area contributed by atoms with Crippen molar-refractivity contribution in [1.82, 2.24) is 14.5 Å². The van der Waals surface area contributed by atoms with E-state index in [9.17, 15) is 14.4 Å². The second kappa shape index (κ2) is 9.09. The average molecular weight is 457 g/mol. The molecule has 1 aromatic carbocycles. The van der Waals surface area contributed by atoms with E-state index in [0.717, 1.165) is 11.3 Å². The van der Waals surface area contributed by atoms with E-state index in [1.54, 1.807) is 30.3 Å². The maximum absolute atomic E-state index is 12.8. The molecule has 3 N–H and O–H groups in total. The number of anilines is 1. The van der Waals surface area contributed by atoms with Crippen LogP contribution < -0.4 is 16.2 Å². The third-order valence-electron chi connectivity index (χ3n) is 5.55. The van der Waals surface area contributed by atoms with Crippen LogP contribution in [0.15, 0.2) is 52.6 Å². The molecule has 0 radical (unpaired) electrons. The van der Waals surface area contributed by atoms with Crippen LogP contribution in [0.25, 0.3) is 10.3 Å². The Morgan fingerprint density at radius 2 is 2.19 bits per heavy atom. The lowest BCUT2D eigenvalue weighted by Crippen LogP contribution is -2.31. The first-order valence-electron chi connectivity index (χ1n) is 10.4. The molecule has 0 bridgehead atoms. The molecule has 1 aliphatic rings. The largest absolute Gasteiger partial charge is 0.456 e. The van der Waals surface area contributed by atoms with Gasteiger partial charge in [0.1, 0.15) is 17.0 Å². The van der Waals surface area contributed by atoms with Crippen LogP contribution in [0.2, 0.25) is 0 Å². The summed E-state index contributed by atoms with van der Waals surface area (Å²) in [5.74, 6) is -0.615. The number of ether oxygens (including phenoxy) is 2. The van der Waals surface area contributed by atoms with E-state index in [1.807, 2.05) is 13.0 Å². The van der Waals surface area contributed by atoms with Gasteiger partial charge in [-0.15, -0.1) is 6.58 Å². The molecule has 4 rings (SSSR count). The highest BCUT2D eigenvalue weighted by atomic mass is 32.1. The lowest BCUT2D eigenvalue weighted by Gasteiger charge is -2.23. The molecule has 2 unspecified atom stereocenters. The monoisotopic (exact) mass is 456 g/mol. The molecule has 3 heterocycles. The number of nitrogens with one attached hydrogen (secondary N) is 1. The molecule has 9 nitrogen and oxygen atoms in total. The predicted molar refractivity (Wildman–Crippen MR) is 122 cm³/mol. The van der Waals surface area contributed by atoms with Gasteiger partial charge >= 0.3 is 10.8 Å². The number of thiazole rings is 1. The van der Waals surface area contributed by atoms with Crippen LogP contribution in [0.4, 0.5) is 5.95 Å². The van der Waals surface area contributed by atoms with Crippen molar-refractivity contribution in [2.75, 3.05) is 5.73 Å². The molecular formula is C22H24N4O5S. The third kappa shape index (κ3) is 4.11. The van der Waals surface area contributed by atoms with E-state index >= 15 is 0 Å². The fourth-order valence-electron chi connectivity index (χ4n) is 4.07. The first kappa shape index (κ1) is 22.0. The molecule has 3 aromatic rings. The average Bonchev–Trinajstić information content (AvgIpc) is 3.33. The van der Waals surface area contributed by atoms with Gasteiger partial charge in [-0.05, 0) is 31.4 Å². The number of aromatic amines is 1. The number of esters is 1. The van der Waals surface area contributed by atoms with E-state index in [2.05, 4.69) is 16.5 Å². The van der Waals surface area contributed by atoms with Gasteiger partial charge in [-0.25, -0.2) is 4.79 Å². The van der Waals surface area contributed by atoms with Gasteiger partial charge in [0.2, 0.25) is 5.95 Å². The van der Waals surface area contributed by atoms with Crippen molar-refractivity contribution in [2.24, 2.45) is 5.92 Å². The Balaban J connectivity index is 1.65. The number of carbonyl (C=O) groups is 1. The van der Waals surface area contributed by atoms with Gasteiger partial charge in [0.25, 0.3) is 5.56 Å². The number of benzene rings is 1. The van der Waals surface area contributed by atoms with Crippen molar-refractivity contribution < 1.29 is 14.3 Å². The van der Waals surface area contributed by atoms with E-state index < -0.39 is 30.0 Å². The van der Waals surface area contributed by atoms with Crippen molar-refractivity contribution in [2.45, 2.75) is 44.6 Å². The second-order valence-electron chi connectivity index (χ2n) is 7.65. The maximum atomic E-state index is 12.8. The number of H-pyrrole nitrogens is 1. The molecule has 0 spiro atoms. The highest BCUT2D eigenvalue weighted by molar-refractivity contribution is 7.16. The van der Waals surface area contributed by atoms with E-state index in [-0.39, 0.29) is 27.1 Å². The topological polar surface area (TPSA) is 129 Å². The number of carbonyl (C=O) groups excluding carboxylic acids is 1. The Morgan fingerprint density at radius 1 is 1.44 bits per heavy atom. The maximum Gasteiger partial charge on any atom is 0.338 e. The summed E-state index contributed by atoms with van der Waals surface area (Å²) in [5, 5.41) is 0. The number of hydrogen-bond donors (Lipinski definition) is 2. The first-order valence-corrected chi connectivity index (χ1v) is 11.2. The van der Waals surface area contributed by atoms with Crippen LogP contribution in [-0.4, -0.2) is 32.7 Å². The molecule has 2 aromatic heterocycles.